The van der Waals surface area contributed by atoms with Crippen molar-refractivity contribution in [2.24, 2.45) is 0 Å². The van der Waals surface area contributed by atoms with Crippen molar-refractivity contribution in [1.82, 2.24) is 9.62 Å². The zero-order chi connectivity index (χ0) is 16.0. The maximum Gasteiger partial charge on any atom is 0.224 e. The second-order valence-electron chi connectivity index (χ2n) is 6.39. The van der Waals surface area contributed by atoms with E-state index in [0.29, 0.717) is 25.9 Å². The molecule has 0 saturated carbocycles. The van der Waals surface area contributed by atoms with E-state index in [1.165, 1.54) is 0 Å². The lowest BCUT2D eigenvalue weighted by Crippen LogP contribution is -2.45. The van der Waals surface area contributed by atoms with Crippen molar-refractivity contribution in [2.75, 3.05) is 12.3 Å². The smallest absolute Gasteiger partial charge is 0.224 e. The lowest BCUT2D eigenvalue weighted by Gasteiger charge is -2.32. The normalized spacial score (nSPS) is 26.7. The van der Waals surface area contributed by atoms with Crippen molar-refractivity contribution in [3.63, 3.8) is 0 Å². The average Bonchev–Trinajstić information content (AvgIpc) is 2.72. The standard InChI is InChI=1S/C15H20N2O4S/c1-15(6-8-22(20,21)16-15)9-14(19)17-7-5-12-11(10-17)3-2-4-13(12)18/h2-4,16,18H,5-10H2,1H3. The number of carbonyl (C=O) groups is 1. The number of benzene rings is 1. The first-order valence-electron chi connectivity index (χ1n) is 7.37. The number of amides is 1. The Morgan fingerprint density at radius 1 is 1.45 bits per heavy atom. The highest BCUT2D eigenvalue weighted by atomic mass is 32.2. The van der Waals surface area contributed by atoms with Gasteiger partial charge >= 0.3 is 0 Å². The van der Waals surface area contributed by atoms with E-state index in [0.717, 1.165) is 11.1 Å². The molecular formula is C15H20N2O4S. The number of sulfonamides is 1. The van der Waals surface area contributed by atoms with Gasteiger partial charge in [-0.05, 0) is 31.4 Å². The van der Waals surface area contributed by atoms with Gasteiger partial charge in [0, 0.05) is 30.6 Å². The lowest BCUT2D eigenvalue weighted by molar-refractivity contribution is -0.133. The average molecular weight is 324 g/mol. The van der Waals surface area contributed by atoms with Crippen LogP contribution in [0.25, 0.3) is 0 Å². The summed E-state index contributed by atoms with van der Waals surface area (Å²) in [6.07, 6.45) is 1.24. The van der Waals surface area contributed by atoms with Crippen molar-refractivity contribution in [2.45, 2.75) is 38.3 Å². The Balaban J connectivity index is 1.70. The summed E-state index contributed by atoms with van der Waals surface area (Å²) in [5.41, 5.74) is 1.17. The van der Waals surface area contributed by atoms with Gasteiger partial charge in [0.15, 0.2) is 0 Å². The van der Waals surface area contributed by atoms with Crippen molar-refractivity contribution < 1.29 is 18.3 Å². The molecule has 3 rings (SSSR count). The van der Waals surface area contributed by atoms with Crippen LogP contribution in [0, 0.1) is 0 Å². The maximum absolute atomic E-state index is 12.5. The fourth-order valence-corrected chi connectivity index (χ4v) is 4.96. The van der Waals surface area contributed by atoms with E-state index in [-0.39, 0.29) is 23.8 Å². The molecule has 0 spiro atoms. The number of nitrogens with one attached hydrogen (secondary N) is 1. The van der Waals surface area contributed by atoms with E-state index in [9.17, 15) is 18.3 Å². The summed E-state index contributed by atoms with van der Waals surface area (Å²) in [6, 6.07) is 5.34. The minimum absolute atomic E-state index is 0.0545. The second-order valence-corrected chi connectivity index (χ2v) is 8.23. The van der Waals surface area contributed by atoms with Gasteiger partial charge in [0.25, 0.3) is 0 Å². The van der Waals surface area contributed by atoms with Crippen LogP contribution < -0.4 is 4.72 Å². The van der Waals surface area contributed by atoms with Gasteiger partial charge in [-0.1, -0.05) is 12.1 Å². The summed E-state index contributed by atoms with van der Waals surface area (Å²) in [6.45, 7) is 2.79. The van der Waals surface area contributed by atoms with E-state index < -0.39 is 15.6 Å². The van der Waals surface area contributed by atoms with Crippen molar-refractivity contribution >= 4 is 15.9 Å². The zero-order valence-corrected chi connectivity index (χ0v) is 13.3. The van der Waals surface area contributed by atoms with Crippen LogP contribution >= 0.6 is 0 Å². The number of hydrogen-bond donors (Lipinski definition) is 2. The summed E-state index contributed by atoms with van der Waals surface area (Å²) in [5.74, 6) is 0.300. The Hall–Kier alpha value is -1.60. The van der Waals surface area contributed by atoms with Crippen molar-refractivity contribution in [3.05, 3.63) is 29.3 Å². The minimum Gasteiger partial charge on any atom is -0.508 e. The molecule has 0 bridgehead atoms. The molecule has 1 aromatic carbocycles. The third kappa shape index (κ3) is 2.96. The van der Waals surface area contributed by atoms with Crippen LogP contribution in [0.15, 0.2) is 18.2 Å². The first-order chi connectivity index (χ1) is 10.3. The van der Waals surface area contributed by atoms with E-state index in [1.807, 2.05) is 6.07 Å². The van der Waals surface area contributed by atoms with Gasteiger partial charge in [0.1, 0.15) is 5.75 Å². The molecular weight excluding hydrogens is 304 g/mol. The number of aromatic hydroxyl groups is 1. The lowest BCUT2D eigenvalue weighted by atomic mass is 9.93. The Labute approximate surface area is 130 Å². The van der Waals surface area contributed by atoms with Crippen molar-refractivity contribution in [3.8, 4) is 5.75 Å². The van der Waals surface area contributed by atoms with Crippen LogP contribution in [0.5, 0.6) is 5.75 Å². The third-order valence-electron chi connectivity index (χ3n) is 4.46. The Morgan fingerprint density at radius 2 is 2.23 bits per heavy atom. The van der Waals surface area contributed by atoms with Crippen LogP contribution in [0.2, 0.25) is 0 Å². The Morgan fingerprint density at radius 3 is 2.91 bits per heavy atom. The van der Waals surface area contributed by atoms with Gasteiger partial charge in [-0.3, -0.25) is 4.79 Å². The number of carbonyl (C=O) groups excluding carboxylic acids is 1. The molecule has 2 heterocycles. The Kier molecular flexibility index (Phi) is 3.65. The van der Waals surface area contributed by atoms with Crippen LogP contribution in [-0.2, 0) is 27.8 Å². The van der Waals surface area contributed by atoms with Gasteiger partial charge in [-0.25, -0.2) is 13.1 Å². The largest absolute Gasteiger partial charge is 0.508 e. The minimum atomic E-state index is -3.24. The molecule has 1 unspecified atom stereocenters. The molecule has 120 valence electrons. The zero-order valence-electron chi connectivity index (χ0n) is 12.5. The number of hydrogen-bond acceptors (Lipinski definition) is 4. The summed E-state index contributed by atoms with van der Waals surface area (Å²) in [4.78, 5) is 14.2. The molecule has 2 aliphatic heterocycles. The predicted octanol–water partition coefficient (Wildman–Crippen LogP) is 0.749. The molecule has 0 aromatic heterocycles. The molecule has 1 saturated heterocycles. The first kappa shape index (κ1) is 15.3. The van der Waals surface area contributed by atoms with Crippen LogP contribution in [0.4, 0.5) is 0 Å². The number of nitrogens with zero attached hydrogens (tertiary/aromatic N) is 1. The fraction of sp³-hybridized carbons (Fsp3) is 0.533. The molecule has 1 aromatic rings. The molecule has 2 N–H and O–H groups in total. The van der Waals surface area contributed by atoms with Gasteiger partial charge < -0.3 is 10.0 Å². The van der Waals surface area contributed by atoms with E-state index in [1.54, 1.807) is 24.0 Å². The highest BCUT2D eigenvalue weighted by Crippen LogP contribution is 2.29. The Bertz CT molecular complexity index is 716. The summed E-state index contributed by atoms with van der Waals surface area (Å²) >= 11 is 0. The number of phenolic OH excluding ortho intramolecular Hbond substituents is 1. The summed E-state index contributed by atoms with van der Waals surface area (Å²) in [7, 11) is -3.24. The van der Waals surface area contributed by atoms with E-state index >= 15 is 0 Å². The van der Waals surface area contributed by atoms with Crippen LogP contribution in [-0.4, -0.2) is 42.2 Å². The summed E-state index contributed by atoms with van der Waals surface area (Å²) < 4.78 is 25.7. The van der Waals surface area contributed by atoms with Gasteiger partial charge in [0.2, 0.25) is 15.9 Å². The number of fused-ring (bicyclic) bond motifs is 1. The fourth-order valence-electron chi connectivity index (χ4n) is 3.21. The number of rotatable bonds is 2. The molecule has 2 aliphatic rings. The quantitative estimate of drug-likeness (QED) is 0.840. The van der Waals surface area contributed by atoms with Gasteiger partial charge in [-0.2, -0.15) is 0 Å². The first-order valence-corrected chi connectivity index (χ1v) is 9.02. The van der Waals surface area contributed by atoms with Crippen LogP contribution in [0.3, 0.4) is 0 Å². The maximum atomic E-state index is 12.5. The van der Waals surface area contributed by atoms with E-state index in [4.69, 9.17) is 0 Å². The van der Waals surface area contributed by atoms with Gasteiger partial charge in [-0.15, -0.1) is 0 Å². The molecule has 0 aliphatic carbocycles. The third-order valence-corrected chi connectivity index (χ3v) is 6.01. The van der Waals surface area contributed by atoms with E-state index in [2.05, 4.69) is 4.72 Å². The number of phenols is 1. The molecule has 7 heteroatoms. The highest BCUT2D eigenvalue weighted by molar-refractivity contribution is 7.89. The summed E-state index contributed by atoms with van der Waals surface area (Å²) in [5, 5.41) is 9.83. The molecule has 6 nitrogen and oxygen atoms in total. The highest BCUT2D eigenvalue weighted by Gasteiger charge is 2.40. The second kappa shape index (κ2) is 5.24. The molecule has 22 heavy (non-hydrogen) atoms. The topological polar surface area (TPSA) is 86.7 Å². The van der Waals surface area contributed by atoms with Crippen molar-refractivity contribution in [1.29, 1.82) is 0 Å². The van der Waals surface area contributed by atoms with Gasteiger partial charge in [0.05, 0.1) is 5.75 Å². The predicted molar refractivity (Wildman–Crippen MR) is 81.8 cm³/mol. The SMILES string of the molecule is CC1(CC(=O)N2CCc3c(O)cccc3C2)CCS(=O)(=O)N1. The van der Waals surface area contributed by atoms with Crippen LogP contribution in [0.1, 0.15) is 30.9 Å². The molecule has 0 radical (unpaired) electrons. The molecule has 1 fully saturated rings. The molecule has 1 atom stereocenters. The monoisotopic (exact) mass is 324 g/mol. The molecule has 1 amide bonds.